The fourth-order valence-electron chi connectivity index (χ4n) is 4.34. The van der Waals surface area contributed by atoms with Gasteiger partial charge in [-0.2, -0.15) is 0 Å². The van der Waals surface area contributed by atoms with E-state index in [4.69, 9.17) is 0 Å². The number of nitrogens with zero attached hydrogens (tertiary/aromatic N) is 1. The second-order valence-electron chi connectivity index (χ2n) is 7.00. The first-order valence-electron chi connectivity index (χ1n) is 8.70. The van der Waals surface area contributed by atoms with Crippen molar-refractivity contribution in [2.24, 2.45) is 11.8 Å². The molecule has 2 unspecified atom stereocenters. The van der Waals surface area contributed by atoms with Crippen molar-refractivity contribution in [2.45, 2.75) is 19.4 Å². The Morgan fingerprint density at radius 2 is 1.56 bits per heavy atom. The van der Waals surface area contributed by atoms with Crippen molar-refractivity contribution >= 4 is 22.7 Å². The molecule has 124 valence electrons. The van der Waals surface area contributed by atoms with E-state index in [-0.39, 0.29) is 23.7 Å². The molecule has 1 N–H and O–H groups in total. The largest absolute Gasteiger partial charge is 0.358 e. The molecule has 1 aliphatic carbocycles. The van der Waals surface area contributed by atoms with Gasteiger partial charge in [0.05, 0.1) is 18.4 Å². The van der Waals surface area contributed by atoms with Gasteiger partial charge in [0.1, 0.15) is 0 Å². The predicted octanol–water partition coefficient (Wildman–Crippen LogP) is 3.07. The van der Waals surface area contributed by atoms with E-state index in [1.54, 1.807) is 0 Å². The lowest BCUT2D eigenvalue weighted by Crippen LogP contribution is -2.30. The number of imide groups is 1. The average molecular weight is 330 g/mol. The number of carbonyl (C=O) groups is 2. The summed E-state index contributed by atoms with van der Waals surface area (Å²) in [5, 5.41) is 1.18. The Bertz CT molecular complexity index is 990. The zero-order valence-corrected chi connectivity index (χ0v) is 13.7. The highest BCUT2D eigenvalue weighted by Crippen LogP contribution is 2.40. The molecule has 4 heteroatoms. The summed E-state index contributed by atoms with van der Waals surface area (Å²) < 4.78 is 0. The Morgan fingerprint density at radius 3 is 2.36 bits per heavy atom. The van der Waals surface area contributed by atoms with Gasteiger partial charge in [-0.25, -0.2) is 0 Å². The number of nitrogens with one attached hydrogen (secondary N) is 1. The molecule has 2 amide bonds. The van der Waals surface area contributed by atoms with Crippen molar-refractivity contribution in [3.8, 4) is 0 Å². The molecule has 3 aromatic rings. The van der Waals surface area contributed by atoms with Crippen LogP contribution in [-0.2, 0) is 29.0 Å². The second kappa shape index (κ2) is 5.31. The molecular formula is C21H18N2O2. The van der Waals surface area contributed by atoms with Crippen LogP contribution < -0.4 is 0 Å². The molecule has 2 heterocycles. The van der Waals surface area contributed by atoms with Crippen LogP contribution in [0.3, 0.4) is 0 Å². The number of aromatic amines is 1. The van der Waals surface area contributed by atoms with E-state index in [9.17, 15) is 9.59 Å². The maximum atomic E-state index is 12.9. The first-order chi connectivity index (χ1) is 12.2. The maximum absolute atomic E-state index is 12.9. The van der Waals surface area contributed by atoms with Crippen LogP contribution in [0.5, 0.6) is 0 Å². The molecule has 2 atom stereocenters. The Kier molecular flexibility index (Phi) is 3.07. The van der Waals surface area contributed by atoms with Crippen molar-refractivity contribution < 1.29 is 9.59 Å². The predicted molar refractivity (Wildman–Crippen MR) is 94.7 cm³/mol. The molecule has 2 aromatic carbocycles. The Morgan fingerprint density at radius 1 is 0.880 bits per heavy atom. The van der Waals surface area contributed by atoms with Crippen LogP contribution >= 0.6 is 0 Å². The Labute approximate surface area is 145 Å². The van der Waals surface area contributed by atoms with Crippen LogP contribution in [0.1, 0.15) is 16.8 Å². The number of fused-ring (bicyclic) bond motifs is 4. The number of hydrogen-bond acceptors (Lipinski definition) is 2. The second-order valence-corrected chi connectivity index (χ2v) is 7.00. The summed E-state index contributed by atoms with van der Waals surface area (Å²) in [7, 11) is 0. The van der Waals surface area contributed by atoms with Crippen LogP contribution in [0.25, 0.3) is 10.9 Å². The molecule has 1 saturated heterocycles. The summed E-state index contributed by atoms with van der Waals surface area (Å²) in [4.78, 5) is 30.7. The van der Waals surface area contributed by atoms with Gasteiger partial charge in [-0.15, -0.1) is 0 Å². The zero-order chi connectivity index (χ0) is 17.0. The maximum Gasteiger partial charge on any atom is 0.233 e. The van der Waals surface area contributed by atoms with E-state index < -0.39 is 0 Å². The van der Waals surface area contributed by atoms with Crippen molar-refractivity contribution in [1.82, 2.24) is 9.88 Å². The lowest BCUT2D eigenvalue weighted by Gasteiger charge is -2.21. The number of aromatic nitrogens is 1. The first kappa shape index (κ1) is 14.5. The molecule has 25 heavy (non-hydrogen) atoms. The van der Waals surface area contributed by atoms with Crippen LogP contribution in [0, 0.1) is 11.8 Å². The van der Waals surface area contributed by atoms with Gasteiger partial charge in [-0.05, 0) is 23.6 Å². The summed E-state index contributed by atoms with van der Waals surface area (Å²) >= 11 is 0. The number of H-pyrrole nitrogens is 1. The molecule has 0 saturated carbocycles. The normalized spacial score (nSPS) is 22.3. The van der Waals surface area contributed by atoms with Gasteiger partial charge in [0.25, 0.3) is 0 Å². The van der Waals surface area contributed by atoms with Crippen LogP contribution in [0.4, 0.5) is 0 Å². The standard InChI is InChI=1S/C21H18N2O2/c24-20-16-10-15-14-8-4-5-9-18(14)22-19(15)11-17(16)21(25)23(20)12-13-6-2-1-3-7-13/h1-9,16-17,22H,10-12H2. The summed E-state index contributed by atoms with van der Waals surface area (Å²) in [5.41, 5.74) is 4.41. The summed E-state index contributed by atoms with van der Waals surface area (Å²) in [6, 6.07) is 17.9. The van der Waals surface area contributed by atoms with Gasteiger partial charge < -0.3 is 4.98 Å². The van der Waals surface area contributed by atoms with Gasteiger partial charge in [-0.1, -0.05) is 48.5 Å². The first-order valence-corrected chi connectivity index (χ1v) is 8.70. The quantitative estimate of drug-likeness (QED) is 0.734. The SMILES string of the molecule is O=C1C2Cc3[nH]c4ccccc4c3CC2C(=O)N1Cc1ccccc1. The van der Waals surface area contributed by atoms with E-state index in [2.05, 4.69) is 17.1 Å². The third kappa shape index (κ3) is 2.14. The van der Waals surface area contributed by atoms with E-state index in [0.717, 1.165) is 16.8 Å². The van der Waals surface area contributed by atoms with E-state index in [0.29, 0.717) is 19.4 Å². The minimum absolute atomic E-state index is 0.0187. The number of para-hydroxylation sites is 1. The van der Waals surface area contributed by atoms with Crippen molar-refractivity contribution in [3.63, 3.8) is 0 Å². The number of amides is 2. The average Bonchev–Trinajstić information content (AvgIpc) is 3.12. The van der Waals surface area contributed by atoms with Crippen molar-refractivity contribution in [2.75, 3.05) is 0 Å². The molecule has 1 fully saturated rings. The van der Waals surface area contributed by atoms with Crippen LogP contribution in [-0.4, -0.2) is 21.7 Å². The van der Waals surface area contributed by atoms with Gasteiger partial charge in [0.15, 0.2) is 0 Å². The summed E-state index contributed by atoms with van der Waals surface area (Å²) in [5.74, 6) is -0.488. The van der Waals surface area contributed by atoms with E-state index in [1.165, 1.54) is 15.8 Å². The third-order valence-corrected chi connectivity index (χ3v) is 5.59. The summed E-state index contributed by atoms with van der Waals surface area (Å²) in [6.45, 7) is 0.375. The smallest absolute Gasteiger partial charge is 0.233 e. The highest BCUT2D eigenvalue weighted by molar-refractivity contribution is 6.06. The van der Waals surface area contributed by atoms with Crippen LogP contribution in [0.15, 0.2) is 54.6 Å². The number of rotatable bonds is 2. The minimum Gasteiger partial charge on any atom is -0.358 e. The van der Waals surface area contributed by atoms with Crippen LogP contribution in [0.2, 0.25) is 0 Å². The van der Waals surface area contributed by atoms with Gasteiger partial charge in [0.2, 0.25) is 11.8 Å². The molecule has 0 spiro atoms. The van der Waals surface area contributed by atoms with Gasteiger partial charge in [0, 0.05) is 23.0 Å². The number of benzene rings is 2. The molecule has 5 rings (SSSR count). The molecule has 1 aliphatic heterocycles. The number of likely N-dealkylation sites (tertiary alicyclic amines) is 1. The minimum atomic E-state index is -0.225. The fourth-order valence-corrected chi connectivity index (χ4v) is 4.34. The van der Waals surface area contributed by atoms with E-state index in [1.807, 2.05) is 42.5 Å². The van der Waals surface area contributed by atoms with Gasteiger partial charge in [-0.3, -0.25) is 14.5 Å². The fraction of sp³-hybridized carbons (Fsp3) is 0.238. The lowest BCUT2D eigenvalue weighted by atomic mass is 9.79. The molecule has 1 aromatic heterocycles. The molecule has 0 radical (unpaired) electrons. The number of carbonyl (C=O) groups excluding carboxylic acids is 2. The monoisotopic (exact) mass is 330 g/mol. The lowest BCUT2D eigenvalue weighted by molar-refractivity contribution is -0.140. The topological polar surface area (TPSA) is 53.2 Å². The van der Waals surface area contributed by atoms with E-state index >= 15 is 0 Å². The summed E-state index contributed by atoms with van der Waals surface area (Å²) in [6.07, 6.45) is 1.28. The zero-order valence-electron chi connectivity index (χ0n) is 13.7. The Hall–Kier alpha value is -2.88. The van der Waals surface area contributed by atoms with Gasteiger partial charge >= 0.3 is 0 Å². The highest BCUT2D eigenvalue weighted by Gasteiger charge is 2.49. The Balaban J connectivity index is 1.48. The number of hydrogen-bond donors (Lipinski definition) is 1. The van der Waals surface area contributed by atoms with Crippen molar-refractivity contribution in [3.05, 3.63) is 71.4 Å². The molecule has 2 aliphatic rings. The third-order valence-electron chi connectivity index (χ3n) is 5.59. The molecular weight excluding hydrogens is 312 g/mol. The van der Waals surface area contributed by atoms with Crippen molar-refractivity contribution in [1.29, 1.82) is 0 Å². The highest BCUT2D eigenvalue weighted by atomic mass is 16.2. The molecule has 0 bridgehead atoms. The molecule has 4 nitrogen and oxygen atoms in total.